The highest BCUT2D eigenvalue weighted by molar-refractivity contribution is 5.06. The van der Waals surface area contributed by atoms with Crippen LogP contribution >= 0.6 is 0 Å². The average Bonchev–Trinajstić information content (AvgIpc) is 2.12. The molecule has 78 valence electrons. The first kappa shape index (κ1) is 11.2. The number of rotatable bonds is 5. The van der Waals surface area contributed by atoms with Gasteiger partial charge in [-0.25, -0.2) is 9.97 Å². The van der Waals surface area contributed by atoms with Gasteiger partial charge < -0.3 is 0 Å². The Morgan fingerprint density at radius 1 is 1.21 bits per heavy atom. The summed E-state index contributed by atoms with van der Waals surface area (Å²) in [4.78, 5) is 8.33. The fourth-order valence-corrected chi connectivity index (χ4v) is 1.51. The topological polar surface area (TPSA) is 25.8 Å². The number of aromatic nitrogens is 2. The van der Waals surface area contributed by atoms with Crippen molar-refractivity contribution in [1.29, 1.82) is 0 Å². The first-order chi connectivity index (χ1) is 6.68. The van der Waals surface area contributed by atoms with Crippen LogP contribution in [0.4, 0.5) is 0 Å². The van der Waals surface area contributed by atoms with E-state index < -0.39 is 0 Å². The van der Waals surface area contributed by atoms with Gasteiger partial charge in [-0.3, -0.25) is 0 Å². The molecule has 0 N–H and O–H groups in total. The molecule has 0 bridgehead atoms. The summed E-state index contributed by atoms with van der Waals surface area (Å²) < 4.78 is 0. The SMILES string of the molecule is Cc1cc(CCCCC(C)C)ncn1. The molecule has 1 aromatic rings. The molecular weight excluding hydrogens is 172 g/mol. The molecule has 0 aliphatic rings. The Balaban J connectivity index is 2.25. The van der Waals surface area contributed by atoms with Crippen LogP contribution in [0, 0.1) is 12.8 Å². The lowest BCUT2D eigenvalue weighted by Gasteiger charge is -2.04. The normalized spacial score (nSPS) is 10.9. The highest BCUT2D eigenvalue weighted by Crippen LogP contribution is 2.09. The first-order valence-electron chi connectivity index (χ1n) is 5.46. The Kier molecular flexibility index (Phi) is 4.57. The van der Waals surface area contributed by atoms with Crippen molar-refractivity contribution >= 4 is 0 Å². The van der Waals surface area contributed by atoms with Crippen molar-refractivity contribution < 1.29 is 0 Å². The van der Waals surface area contributed by atoms with E-state index in [1.165, 1.54) is 25.0 Å². The van der Waals surface area contributed by atoms with E-state index in [1.807, 2.05) is 6.92 Å². The Morgan fingerprint density at radius 2 is 2.00 bits per heavy atom. The smallest absolute Gasteiger partial charge is 0.115 e. The summed E-state index contributed by atoms with van der Waals surface area (Å²) in [6.07, 6.45) is 6.63. The standard InChI is InChI=1S/C12H20N2/c1-10(2)6-4-5-7-12-8-11(3)13-9-14-12/h8-10H,4-7H2,1-3H3. The third-order valence-corrected chi connectivity index (χ3v) is 2.32. The van der Waals surface area contributed by atoms with Crippen LogP contribution < -0.4 is 0 Å². The van der Waals surface area contributed by atoms with Crippen molar-refractivity contribution in [2.75, 3.05) is 0 Å². The Hall–Kier alpha value is -0.920. The average molecular weight is 192 g/mol. The van der Waals surface area contributed by atoms with E-state index >= 15 is 0 Å². The van der Waals surface area contributed by atoms with Gasteiger partial charge in [-0.1, -0.05) is 26.7 Å². The Morgan fingerprint density at radius 3 is 2.64 bits per heavy atom. The molecule has 0 aromatic carbocycles. The summed E-state index contributed by atoms with van der Waals surface area (Å²) in [6.45, 7) is 6.56. The number of nitrogens with zero attached hydrogens (tertiary/aromatic N) is 2. The van der Waals surface area contributed by atoms with Gasteiger partial charge in [-0.2, -0.15) is 0 Å². The van der Waals surface area contributed by atoms with Gasteiger partial charge in [0.15, 0.2) is 0 Å². The predicted octanol–water partition coefficient (Wildman–Crippen LogP) is 3.15. The highest BCUT2D eigenvalue weighted by Gasteiger charge is 1.97. The van der Waals surface area contributed by atoms with E-state index in [9.17, 15) is 0 Å². The van der Waals surface area contributed by atoms with Crippen molar-refractivity contribution in [3.8, 4) is 0 Å². The van der Waals surface area contributed by atoms with Crippen molar-refractivity contribution in [3.05, 3.63) is 23.8 Å². The molecule has 0 atom stereocenters. The fraction of sp³-hybridized carbons (Fsp3) is 0.667. The second kappa shape index (κ2) is 5.74. The zero-order chi connectivity index (χ0) is 10.4. The van der Waals surface area contributed by atoms with Crippen LogP contribution in [0.2, 0.25) is 0 Å². The third kappa shape index (κ3) is 4.35. The quantitative estimate of drug-likeness (QED) is 0.670. The molecule has 1 heterocycles. The van der Waals surface area contributed by atoms with Crippen molar-refractivity contribution in [1.82, 2.24) is 9.97 Å². The molecular formula is C12H20N2. The van der Waals surface area contributed by atoms with Gasteiger partial charge in [0.25, 0.3) is 0 Å². The summed E-state index contributed by atoms with van der Waals surface area (Å²) in [7, 11) is 0. The molecule has 0 unspecified atom stereocenters. The summed E-state index contributed by atoms with van der Waals surface area (Å²) in [5.41, 5.74) is 2.25. The van der Waals surface area contributed by atoms with Gasteiger partial charge in [0.2, 0.25) is 0 Å². The molecule has 0 radical (unpaired) electrons. The van der Waals surface area contributed by atoms with Crippen LogP contribution in [0.15, 0.2) is 12.4 Å². The van der Waals surface area contributed by atoms with E-state index in [0.717, 1.165) is 18.0 Å². The van der Waals surface area contributed by atoms with Gasteiger partial charge in [0.1, 0.15) is 6.33 Å². The van der Waals surface area contributed by atoms with E-state index in [0.29, 0.717) is 0 Å². The van der Waals surface area contributed by atoms with Crippen LogP contribution in [0.5, 0.6) is 0 Å². The van der Waals surface area contributed by atoms with Crippen LogP contribution in [0.3, 0.4) is 0 Å². The van der Waals surface area contributed by atoms with E-state index in [-0.39, 0.29) is 0 Å². The lowest BCUT2D eigenvalue weighted by atomic mass is 10.0. The van der Waals surface area contributed by atoms with Gasteiger partial charge >= 0.3 is 0 Å². The number of hydrogen-bond donors (Lipinski definition) is 0. The monoisotopic (exact) mass is 192 g/mol. The molecule has 0 saturated carbocycles. The first-order valence-corrected chi connectivity index (χ1v) is 5.46. The maximum Gasteiger partial charge on any atom is 0.115 e. The van der Waals surface area contributed by atoms with Crippen molar-refractivity contribution in [2.24, 2.45) is 5.92 Å². The highest BCUT2D eigenvalue weighted by atomic mass is 14.8. The van der Waals surface area contributed by atoms with Gasteiger partial charge in [-0.15, -0.1) is 0 Å². The molecule has 2 nitrogen and oxygen atoms in total. The summed E-state index contributed by atoms with van der Waals surface area (Å²) >= 11 is 0. The molecule has 0 amide bonds. The fourth-order valence-electron chi connectivity index (χ4n) is 1.51. The third-order valence-electron chi connectivity index (χ3n) is 2.32. The van der Waals surface area contributed by atoms with Crippen LogP contribution in [0.1, 0.15) is 44.5 Å². The summed E-state index contributed by atoms with van der Waals surface area (Å²) in [5, 5.41) is 0. The minimum absolute atomic E-state index is 0.821. The van der Waals surface area contributed by atoms with E-state index in [2.05, 4.69) is 29.9 Å². The second-order valence-corrected chi connectivity index (χ2v) is 4.29. The molecule has 14 heavy (non-hydrogen) atoms. The molecule has 0 aliphatic carbocycles. The summed E-state index contributed by atoms with van der Waals surface area (Å²) in [6, 6.07) is 2.08. The van der Waals surface area contributed by atoms with Gasteiger partial charge in [0, 0.05) is 11.4 Å². The largest absolute Gasteiger partial charge is 0.242 e. The maximum absolute atomic E-state index is 4.25. The molecule has 0 fully saturated rings. The van der Waals surface area contributed by atoms with Gasteiger partial charge in [0.05, 0.1) is 0 Å². The minimum Gasteiger partial charge on any atom is -0.242 e. The van der Waals surface area contributed by atoms with Crippen LogP contribution in [0.25, 0.3) is 0 Å². The Labute approximate surface area is 86.8 Å². The lowest BCUT2D eigenvalue weighted by Crippen LogP contribution is -1.94. The van der Waals surface area contributed by atoms with Crippen molar-refractivity contribution in [3.63, 3.8) is 0 Å². The summed E-state index contributed by atoms with van der Waals surface area (Å²) in [5.74, 6) is 0.821. The molecule has 2 heteroatoms. The zero-order valence-corrected chi connectivity index (χ0v) is 9.45. The van der Waals surface area contributed by atoms with Gasteiger partial charge in [-0.05, 0) is 31.7 Å². The molecule has 0 aliphatic heterocycles. The maximum atomic E-state index is 4.25. The number of hydrogen-bond acceptors (Lipinski definition) is 2. The molecule has 0 saturated heterocycles. The second-order valence-electron chi connectivity index (χ2n) is 4.29. The number of aryl methyl sites for hydroxylation is 2. The lowest BCUT2D eigenvalue weighted by molar-refractivity contribution is 0.536. The molecule has 0 spiro atoms. The zero-order valence-electron chi connectivity index (χ0n) is 9.45. The van der Waals surface area contributed by atoms with Crippen LogP contribution in [-0.2, 0) is 6.42 Å². The van der Waals surface area contributed by atoms with E-state index in [4.69, 9.17) is 0 Å². The predicted molar refractivity (Wildman–Crippen MR) is 59.2 cm³/mol. The number of unbranched alkanes of at least 4 members (excludes halogenated alkanes) is 1. The minimum atomic E-state index is 0.821. The molecule has 1 aromatic heterocycles. The van der Waals surface area contributed by atoms with E-state index in [1.54, 1.807) is 6.33 Å². The Bertz CT molecular complexity index is 269. The molecule has 1 rings (SSSR count). The van der Waals surface area contributed by atoms with Crippen LogP contribution in [-0.4, -0.2) is 9.97 Å². The van der Waals surface area contributed by atoms with Crippen molar-refractivity contribution in [2.45, 2.75) is 46.5 Å².